The Hall–Kier alpha value is -1.67. The molecule has 0 bridgehead atoms. The Bertz CT molecular complexity index is 588. The van der Waals surface area contributed by atoms with Crippen LogP contribution < -0.4 is 0 Å². The van der Waals surface area contributed by atoms with Gasteiger partial charge in [-0.3, -0.25) is 9.59 Å². The van der Waals surface area contributed by atoms with E-state index in [-0.39, 0.29) is 11.8 Å². The molecule has 1 saturated carbocycles. The summed E-state index contributed by atoms with van der Waals surface area (Å²) in [6, 6.07) is 2.13. The number of carbonyl (C=O) groups excluding carboxylic acids is 3. The quantitative estimate of drug-likeness (QED) is 0.382. The van der Waals surface area contributed by atoms with Crippen molar-refractivity contribution < 1.29 is 28.6 Å². The zero-order chi connectivity index (χ0) is 18.6. The minimum Gasteiger partial charge on any atom is -0.457 e. The van der Waals surface area contributed by atoms with E-state index in [4.69, 9.17) is 14.2 Å². The zero-order valence-electron chi connectivity index (χ0n) is 14.7. The van der Waals surface area contributed by atoms with Gasteiger partial charge in [-0.2, -0.15) is 5.26 Å². The first-order valence-corrected chi connectivity index (χ1v) is 9.93. The van der Waals surface area contributed by atoms with Crippen molar-refractivity contribution >= 4 is 26.5 Å². The molecule has 1 aliphatic carbocycles. The zero-order valence-corrected chi connectivity index (χ0v) is 15.7. The van der Waals surface area contributed by atoms with E-state index < -0.39 is 42.1 Å². The molecule has 8 heteroatoms. The standard InChI is InChI=1S/C17H24NO6P/c1-4-25-8-14(20)22-7-13(19)23-11(3)15-12-5-10(2)6-17(12,9-18)16(21)24-15/h10-12,15,25H,4-8H2,1-3H3. The van der Waals surface area contributed by atoms with Crippen LogP contribution >= 0.6 is 8.58 Å². The summed E-state index contributed by atoms with van der Waals surface area (Å²) in [5.74, 6) is -1.67. The topological polar surface area (TPSA) is 103 Å². The summed E-state index contributed by atoms with van der Waals surface area (Å²) in [5.41, 5.74) is -1.13. The van der Waals surface area contributed by atoms with Crippen molar-refractivity contribution in [3.8, 4) is 6.07 Å². The molecular formula is C17H24NO6P. The van der Waals surface area contributed by atoms with Crippen LogP contribution in [0.2, 0.25) is 0 Å². The number of nitriles is 1. The smallest absolute Gasteiger partial charge is 0.344 e. The van der Waals surface area contributed by atoms with Crippen LogP contribution in [0.15, 0.2) is 0 Å². The monoisotopic (exact) mass is 369 g/mol. The Balaban J connectivity index is 1.90. The van der Waals surface area contributed by atoms with Crippen molar-refractivity contribution in [2.75, 3.05) is 18.9 Å². The van der Waals surface area contributed by atoms with Gasteiger partial charge in [-0.15, -0.1) is 8.58 Å². The van der Waals surface area contributed by atoms with E-state index in [1.54, 1.807) is 6.92 Å². The van der Waals surface area contributed by atoms with Crippen LogP contribution in [0.25, 0.3) is 0 Å². The number of cyclic esters (lactones) is 1. The van der Waals surface area contributed by atoms with Crippen molar-refractivity contribution in [3.63, 3.8) is 0 Å². The molecule has 1 saturated heterocycles. The molecule has 2 fully saturated rings. The number of hydrogen-bond acceptors (Lipinski definition) is 7. The Labute approximate surface area is 149 Å². The molecule has 2 aliphatic rings. The molecule has 0 spiro atoms. The summed E-state index contributed by atoms with van der Waals surface area (Å²) < 4.78 is 15.5. The second-order valence-corrected chi connectivity index (χ2v) is 8.30. The Morgan fingerprint density at radius 1 is 1.48 bits per heavy atom. The van der Waals surface area contributed by atoms with Gasteiger partial charge in [0.25, 0.3) is 0 Å². The van der Waals surface area contributed by atoms with Gasteiger partial charge < -0.3 is 14.2 Å². The third kappa shape index (κ3) is 4.12. The molecule has 138 valence electrons. The molecule has 6 unspecified atom stereocenters. The highest BCUT2D eigenvalue weighted by Gasteiger charge is 2.63. The van der Waals surface area contributed by atoms with E-state index in [1.165, 1.54) is 0 Å². The van der Waals surface area contributed by atoms with Crippen molar-refractivity contribution in [1.29, 1.82) is 5.26 Å². The lowest BCUT2D eigenvalue weighted by Crippen LogP contribution is -2.36. The highest BCUT2D eigenvalue weighted by molar-refractivity contribution is 7.39. The third-order valence-electron chi connectivity index (χ3n) is 4.81. The summed E-state index contributed by atoms with van der Waals surface area (Å²) in [4.78, 5) is 35.5. The number of rotatable bonds is 7. The number of fused-ring (bicyclic) bond motifs is 1. The highest BCUT2D eigenvalue weighted by atomic mass is 31.1. The molecule has 0 aromatic heterocycles. The summed E-state index contributed by atoms with van der Waals surface area (Å²) >= 11 is 0. The van der Waals surface area contributed by atoms with Crippen molar-refractivity contribution in [2.24, 2.45) is 17.3 Å². The predicted octanol–water partition coefficient (Wildman–Crippen LogP) is 1.64. The van der Waals surface area contributed by atoms with Crippen LogP contribution in [-0.2, 0) is 28.6 Å². The van der Waals surface area contributed by atoms with E-state index in [9.17, 15) is 19.6 Å². The molecular weight excluding hydrogens is 345 g/mol. The largest absolute Gasteiger partial charge is 0.457 e. The highest BCUT2D eigenvalue weighted by Crippen LogP contribution is 2.54. The Morgan fingerprint density at radius 3 is 2.84 bits per heavy atom. The van der Waals surface area contributed by atoms with E-state index in [0.717, 1.165) is 6.16 Å². The van der Waals surface area contributed by atoms with Gasteiger partial charge in [0.2, 0.25) is 0 Å². The number of hydrogen-bond donors (Lipinski definition) is 0. The van der Waals surface area contributed by atoms with Crippen LogP contribution in [0.4, 0.5) is 0 Å². The van der Waals surface area contributed by atoms with Gasteiger partial charge in [0.15, 0.2) is 12.0 Å². The van der Waals surface area contributed by atoms with E-state index >= 15 is 0 Å². The molecule has 0 amide bonds. The van der Waals surface area contributed by atoms with Gasteiger partial charge in [-0.1, -0.05) is 13.8 Å². The van der Waals surface area contributed by atoms with Crippen molar-refractivity contribution in [3.05, 3.63) is 0 Å². The minimum absolute atomic E-state index is 0.239. The normalized spacial score (nSPS) is 32.1. The maximum atomic E-state index is 12.2. The van der Waals surface area contributed by atoms with Crippen LogP contribution in [0.5, 0.6) is 0 Å². The summed E-state index contributed by atoms with van der Waals surface area (Å²) in [7, 11) is 0.476. The maximum Gasteiger partial charge on any atom is 0.344 e. The van der Waals surface area contributed by atoms with Crippen molar-refractivity contribution in [1.82, 2.24) is 0 Å². The number of ether oxygens (including phenoxy) is 3. The van der Waals surface area contributed by atoms with E-state index in [1.807, 2.05) is 13.8 Å². The maximum absolute atomic E-state index is 12.2. The Kier molecular flexibility index (Phi) is 6.40. The fraction of sp³-hybridized carbons (Fsp3) is 0.765. The van der Waals surface area contributed by atoms with E-state index in [2.05, 4.69) is 6.07 Å². The third-order valence-corrected chi connectivity index (χ3v) is 5.85. The van der Waals surface area contributed by atoms with Gasteiger partial charge in [0, 0.05) is 5.92 Å². The van der Waals surface area contributed by atoms with Gasteiger partial charge in [-0.05, 0) is 31.8 Å². The fourth-order valence-electron chi connectivity index (χ4n) is 3.70. The fourth-order valence-corrected chi connectivity index (χ4v) is 4.26. The number of carbonyl (C=O) groups is 3. The second-order valence-electron chi connectivity index (χ2n) is 6.74. The molecule has 0 aromatic rings. The number of esters is 3. The Morgan fingerprint density at radius 2 is 2.20 bits per heavy atom. The van der Waals surface area contributed by atoms with Gasteiger partial charge in [-0.25, -0.2) is 4.79 Å². The molecule has 25 heavy (non-hydrogen) atoms. The van der Waals surface area contributed by atoms with Crippen molar-refractivity contribution in [2.45, 2.75) is 45.8 Å². The van der Waals surface area contributed by atoms with Crippen LogP contribution in [0.1, 0.15) is 33.6 Å². The van der Waals surface area contributed by atoms with E-state index in [0.29, 0.717) is 27.6 Å². The van der Waals surface area contributed by atoms with Crippen LogP contribution in [0.3, 0.4) is 0 Å². The first-order chi connectivity index (χ1) is 11.8. The van der Waals surface area contributed by atoms with Gasteiger partial charge >= 0.3 is 17.9 Å². The lowest BCUT2D eigenvalue weighted by Gasteiger charge is -2.24. The minimum atomic E-state index is -1.13. The van der Waals surface area contributed by atoms with Gasteiger partial charge in [0.1, 0.15) is 12.2 Å². The molecule has 1 heterocycles. The second kappa shape index (κ2) is 8.14. The molecule has 0 radical (unpaired) electrons. The molecule has 2 rings (SSSR count). The summed E-state index contributed by atoms with van der Waals surface area (Å²) in [6.07, 6.45) is 1.00. The molecule has 6 atom stereocenters. The number of nitrogens with zero attached hydrogens (tertiary/aromatic N) is 1. The molecule has 0 N–H and O–H groups in total. The molecule has 1 aliphatic heterocycles. The summed E-state index contributed by atoms with van der Waals surface area (Å²) in [5, 5.41) is 9.50. The van der Waals surface area contributed by atoms with Crippen LogP contribution in [0, 0.1) is 28.6 Å². The average molecular weight is 369 g/mol. The SMILES string of the molecule is CCPCC(=O)OCC(=O)OC(C)C1OC(=O)C2(C#N)CC(C)CC12. The lowest BCUT2D eigenvalue weighted by molar-refractivity contribution is -0.168. The first kappa shape index (κ1) is 19.7. The first-order valence-electron chi connectivity index (χ1n) is 8.52. The van der Waals surface area contributed by atoms with Gasteiger partial charge in [0.05, 0.1) is 12.2 Å². The average Bonchev–Trinajstić information content (AvgIpc) is 3.04. The lowest BCUT2D eigenvalue weighted by atomic mass is 9.78. The van der Waals surface area contributed by atoms with Crippen LogP contribution in [-0.4, -0.2) is 49.0 Å². The predicted molar refractivity (Wildman–Crippen MR) is 90.1 cm³/mol. The molecule has 0 aromatic carbocycles. The molecule has 7 nitrogen and oxygen atoms in total. The summed E-state index contributed by atoms with van der Waals surface area (Å²) in [6.45, 7) is 5.14.